The van der Waals surface area contributed by atoms with Gasteiger partial charge in [0.1, 0.15) is 5.82 Å². The summed E-state index contributed by atoms with van der Waals surface area (Å²) in [5, 5.41) is 8.65. The second-order valence-electron chi connectivity index (χ2n) is 9.05. The fourth-order valence-corrected chi connectivity index (χ4v) is 4.81. The van der Waals surface area contributed by atoms with Crippen LogP contribution < -0.4 is 15.5 Å². The molecule has 4 rings (SSSR count). The molecule has 2 N–H and O–H groups in total. The van der Waals surface area contributed by atoms with Gasteiger partial charge in [0.15, 0.2) is 0 Å². The third kappa shape index (κ3) is 5.37. The molecular formula is C27H36N4. The van der Waals surface area contributed by atoms with E-state index in [1.165, 1.54) is 47.9 Å². The molecule has 1 aliphatic rings. The van der Waals surface area contributed by atoms with Crippen molar-refractivity contribution < 1.29 is 0 Å². The fourth-order valence-electron chi connectivity index (χ4n) is 4.81. The highest BCUT2D eigenvalue weighted by atomic mass is 15.1. The Labute approximate surface area is 187 Å². The number of aromatic nitrogens is 1. The van der Waals surface area contributed by atoms with E-state index in [0.29, 0.717) is 6.04 Å². The van der Waals surface area contributed by atoms with Gasteiger partial charge in [-0.25, -0.2) is 4.98 Å². The smallest absolute Gasteiger partial charge is 0.128 e. The highest BCUT2D eigenvalue weighted by molar-refractivity contribution is 5.93. The first kappa shape index (κ1) is 21.6. The Balaban J connectivity index is 1.29. The maximum atomic E-state index is 4.88. The Bertz CT molecular complexity index is 989. The highest BCUT2D eigenvalue weighted by Crippen LogP contribution is 2.30. The van der Waals surface area contributed by atoms with Crippen molar-refractivity contribution in [3.05, 3.63) is 65.7 Å². The van der Waals surface area contributed by atoms with Crippen molar-refractivity contribution in [3.63, 3.8) is 0 Å². The Kier molecular flexibility index (Phi) is 7.08. The molecule has 0 saturated heterocycles. The molecule has 1 heterocycles. The van der Waals surface area contributed by atoms with Crippen LogP contribution in [0.4, 0.5) is 11.5 Å². The molecule has 164 valence electrons. The van der Waals surface area contributed by atoms with Crippen LogP contribution >= 0.6 is 0 Å². The molecule has 0 radical (unpaired) electrons. The summed E-state index contributed by atoms with van der Waals surface area (Å²) in [5.41, 5.74) is 5.18. The average molecular weight is 417 g/mol. The number of nitrogens with zero attached hydrogens (tertiary/aromatic N) is 2. The largest absolute Gasteiger partial charge is 0.377 e. The van der Waals surface area contributed by atoms with E-state index in [0.717, 1.165) is 36.8 Å². The van der Waals surface area contributed by atoms with E-state index in [-0.39, 0.29) is 0 Å². The number of para-hydroxylation sites is 1. The molecule has 0 atom stereocenters. The average Bonchev–Trinajstić information content (AvgIpc) is 2.80. The van der Waals surface area contributed by atoms with Gasteiger partial charge in [0.05, 0.1) is 5.52 Å². The quantitative estimate of drug-likeness (QED) is 0.500. The van der Waals surface area contributed by atoms with E-state index in [1.54, 1.807) is 0 Å². The lowest BCUT2D eigenvalue weighted by molar-refractivity contribution is 0.324. The minimum Gasteiger partial charge on any atom is -0.377 e. The predicted octanol–water partition coefficient (Wildman–Crippen LogP) is 5.62. The topological polar surface area (TPSA) is 40.2 Å². The third-order valence-corrected chi connectivity index (χ3v) is 6.62. The van der Waals surface area contributed by atoms with Crippen molar-refractivity contribution >= 4 is 22.4 Å². The van der Waals surface area contributed by atoms with Gasteiger partial charge in [-0.3, -0.25) is 0 Å². The Morgan fingerprint density at radius 1 is 0.935 bits per heavy atom. The first-order valence-electron chi connectivity index (χ1n) is 11.7. The molecule has 1 fully saturated rings. The Hall–Kier alpha value is -2.59. The molecule has 0 unspecified atom stereocenters. The molecule has 0 amide bonds. The number of fused-ring (bicyclic) bond motifs is 1. The monoisotopic (exact) mass is 416 g/mol. The van der Waals surface area contributed by atoms with Gasteiger partial charge in [-0.15, -0.1) is 0 Å². The number of aryl methyl sites for hydroxylation is 1. The third-order valence-electron chi connectivity index (χ3n) is 6.62. The number of rotatable bonds is 8. The number of pyridine rings is 1. The van der Waals surface area contributed by atoms with Gasteiger partial charge in [-0.05, 0) is 61.8 Å². The van der Waals surface area contributed by atoms with Crippen molar-refractivity contribution in [1.29, 1.82) is 0 Å². The van der Waals surface area contributed by atoms with Crippen LogP contribution in [0.15, 0.2) is 54.6 Å². The highest BCUT2D eigenvalue weighted by Gasteiger charge is 2.21. The van der Waals surface area contributed by atoms with Gasteiger partial charge >= 0.3 is 0 Å². The minimum absolute atomic E-state index is 0.515. The Morgan fingerprint density at radius 3 is 2.39 bits per heavy atom. The zero-order chi connectivity index (χ0) is 21.6. The van der Waals surface area contributed by atoms with Crippen LogP contribution in [-0.4, -0.2) is 31.7 Å². The van der Waals surface area contributed by atoms with Crippen LogP contribution in [-0.2, 0) is 13.0 Å². The van der Waals surface area contributed by atoms with Gasteiger partial charge in [0.25, 0.3) is 0 Å². The number of benzene rings is 2. The number of hydrogen-bond acceptors (Lipinski definition) is 4. The molecule has 0 aliphatic heterocycles. The van der Waals surface area contributed by atoms with Gasteiger partial charge in [-0.2, -0.15) is 0 Å². The second-order valence-corrected chi connectivity index (χ2v) is 9.05. The summed E-state index contributed by atoms with van der Waals surface area (Å²) >= 11 is 0. The molecule has 0 spiro atoms. The molecule has 1 aromatic heterocycles. The van der Waals surface area contributed by atoms with E-state index < -0.39 is 0 Å². The normalized spacial score (nSPS) is 18.8. The zero-order valence-electron chi connectivity index (χ0n) is 19.2. The van der Waals surface area contributed by atoms with Gasteiger partial charge < -0.3 is 15.5 Å². The van der Waals surface area contributed by atoms with E-state index in [9.17, 15) is 0 Å². The SMILES string of the molecule is CCc1ccccc1CNCC1CCC(Nc2cc(N(C)C)c3ccccc3n2)CC1. The summed E-state index contributed by atoms with van der Waals surface area (Å²) in [5.74, 6) is 1.77. The van der Waals surface area contributed by atoms with Crippen LogP contribution in [0.5, 0.6) is 0 Å². The maximum absolute atomic E-state index is 4.88. The van der Waals surface area contributed by atoms with Crippen LogP contribution in [0.25, 0.3) is 10.9 Å². The predicted molar refractivity (Wildman–Crippen MR) is 133 cm³/mol. The lowest BCUT2D eigenvalue weighted by Crippen LogP contribution is -2.31. The second kappa shape index (κ2) is 10.1. The summed E-state index contributed by atoms with van der Waals surface area (Å²) in [6, 6.07) is 19.9. The first-order chi connectivity index (χ1) is 15.1. The fraction of sp³-hybridized carbons (Fsp3) is 0.444. The van der Waals surface area contributed by atoms with Crippen molar-refractivity contribution in [2.75, 3.05) is 30.9 Å². The number of hydrogen-bond donors (Lipinski definition) is 2. The number of nitrogens with one attached hydrogen (secondary N) is 2. The van der Waals surface area contributed by atoms with Crippen LogP contribution in [0, 0.1) is 5.92 Å². The van der Waals surface area contributed by atoms with Crippen LogP contribution in [0.1, 0.15) is 43.7 Å². The van der Waals surface area contributed by atoms with E-state index in [4.69, 9.17) is 4.98 Å². The molecule has 2 aromatic carbocycles. The summed E-state index contributed by atoms with van der Waals surface area (Å²) < 4.78 is 0. The number of anilines is 2. The van der Waals surface area contributed by atoms with E-state index >= 15 is 0 Å². The van der Waals surface area contributed by atoms with Crippen molar-refractivity contribution in [2.45, 2.75) is 51.6 Å². The molecule has 0 bridgehead atoms. The summed E-state index contributed by atoms with van der Waals surface area (Å²) in [7, 11) is 4.20. The maximum Gasteiger partial charge on any atom is 0.128 e. The standard InChI is InChI=1S/C27H36N4/c1-4-21-9-5-6-10-22(21)19-28-18-20-13-15-23(16-14-20)29-27-17-26(31(2)3)24-11-7-8-12-25(24)30-27/h5-12,17,20,23,28H,4,13-16,18-19H2,1-3H3,(H,29,30). The lowest BCUT2D eigenvalue weighted by atomic mass is 9.86. The van der Waals surface area contributed by atoms with Crippen molar-refractivity contribution in [2.24, 2.45) is 5.92 Å². The molecule has 31 heavy (non-hydrogen) atoms. The van der Waals surface area contributed by atoms with Gasteiger partial charge in [-0.1, -0.05) is 49.4 Å². The minimum atomic E-state index is 0.515. The van der Waals surface area contributed by atoms with E-state index in [1.807, 2.05) is 0 Å². The molecule has 1 saturated carbocycles. The van der Waals surface area contributed by atoms with Crippen molar-refractivity contribution in [3.8, 4) is 0 Å². The molecule has 4 heteroatoms. The van der Waals surface area contributed by atoms with Crippen LogP contribution in [0.3, 0.4) is 0 Å². The van der Waals surface area contributed by atoms with Gasteiger partial charge in [0, 0.05) is 43.8 Å². The lowest BCUT2D eigenvalue weighted by Gasteiger charge is -2.30. The van der Waals surface area contributed by atoms with Gasteiger partial charge in [0.2, 0.25) is 0 Å². The first-order valence-corrected chi connectivity index (χ1v) is 11.7. The zero-order valence-corrected chi connectivity index (χ0v) is 19.2. The van der Waals surface area contributed by atoms with Crippen LogP contribution in [0.2, 0.25) is 0 Å². The summed E-state index contributed by atoms with van der Waals surface area (Å²) in [4.78, 5) is 7.06. The summed E-state index contributed by atoms with van der Waals surface area (Å²) in [6.45, 7) is 4.33. The van der Waals surface area contributed by atoms with Crippen molar-refractivity contribution in [1.82, 2.24) is 10.3 Å². The molecular weight excluding hydrogens is 380 g/mol. The summed E-state index contributed by atoms with van der Waals surface area (Å²) in [6.07, 6.45) is 6.07. The molecule has 1 aliphatic carbocycles. The molecule has 3 aromatic rings. The van der Waals surface area contributed by atoms with E-state index in [2.05, 4.69) is 91.1 Å². The Morgan fingerprint density at radius 2 is 1.65 bits per heavy atom. The molecule has 4 nitrogen and oxygen atoms in total.